The van der Waals surface area contributed by atoms with Crippen molar-refractivity contribution in [2.24, 2.45) is 21.9 Å². The van der Waals surface area contributed by atoms with Crippen LogP contribution >= 0.6 is 0 Å². The standard InChI is InChI=1S/C14H24N2O2/c1-9(2)15-12(17)18-16-11-13(3,4)10-6-7-14(11,5)8-10/h9-10H,6-8H2,1-5H3,(H,15,17). The molecule has 2 saturated carbocycles. The average Bonchev–Trinajstić information content (AvgIpc) is 2.67. The van der Waals surface area contributed by atoms with Crippen LogP contribution in [0.3, 0.4) is 0 Å². The second kappa shape index (κ2) is 4.25. The summed E-state index contributed by atoms with van der Waals surface area (Å²) < 4.78 is 0. The summed E-state index contributed by atoms with van der Waals surface area (Å²) in [5.41, 5.74) is 1.25. The van der Waals surface area contributed by atoms with Gasteiger partial charge in [0, 0.05) is 16.9 Å². The quantitative estimate of drug-likeness (QED) is 0.605. The first-order chi connectivity index (χ1) is 8.25. The maximum atomic E-state index is 11.5. The largest absolute Gasteiger partial charge is 0.433 e. The van der Waals surface area contributed by atoms with Gasteiger partial charge in [0.1, 0.15) is 0 Å². The fourth-order valence-electron chi connectivity index (χ4n) is 3.62. The predicted molar refractivity (Wildman–Crippen MR) is 71.4 cm³/mol. The van der Waals surface area contributed by atoms with Gasteiger partial charge in [-0.3, -0.25) is 4.84 Å². The molecular weight excluding hydrogens is 228 g/mol. The van der Waals surface area contributed by atoms with E-state index in [1.807, 2.05) is 13.8 Å². The van der Waals surface area contributed by atoms with Crippen molar-refractivity contribution in [3.63, 3.8) is 0 Å². The predicted octanol–water partition coefficient (Wildman–Crippen LogP) is 3.32. The molecule has 1 N–H and O–H groups in total. The van der Waals surface area contributed by atoms with Crippen LogP contribution in [0.25, 0.3) is 0 Å². The van der Waals surface area contributed by atoms with Crippen molar-refractivity contribution in [2.75, 3.05) is 0 Å². The molecule has 2 aliphatic carbocycles. The molecule has 0 saturated heterocycles. The van der Waals surface area contributed by atoms with Gasteiger partial charge in [-0.2, -0.15) is 0 Å². The normalized spacial score (nSPS) is 35.2. The Morgan fingerprint density at radius 1 is 1.44 bits per heavy atom. The second-order valence-corrected chi connectivity index (χ2v) is 6.84. The van der Waals surface area contributed by atoms with E-state index in [9.17, 15) is 4.79 Å². The van der Waals surface area contributed by atoms with Gasteiger partial charge >= 0.3 is 6.09 Å². The summed E-state index contributed by atoms with van der Waals surface area (Å²) >= 11 is 0. The summed E-state index contributed by atoms with van der Waals surface area (Å²) in [7, 11) is 0. The lowest BCUT2D eigenvalue weighted by molar-refractivity contribution is 0.144. The van der Waals surface area contributed by atoms with Crippen LogP contribution in [0, 0.1) is 16.7 Å². The molecule has 2 fully saturated rings. The Kier molecular flexibility index (Phi) is 3.16. The molecule has 2 unspecified atom stereocenters. The monoisotopic (exact) mass is 252 g/mol. The van der Waals surface area contributed by atoms with E-state index < -0.39 is 6.09 Å². The molecule has 0 radical (unpaired) electrons. The van der Waals surface area contributed by atoms with Gasteiger partial charge in [-0.15, -0.1) is 0 Å². The number of nitrogens with zero attached hydrogens (tertiary/aromatic N) is 1. The highest BCUT2D eigenvalue weighted by Gasteiger charge is 2.57. The van der Waals surface area contributed by atoms with E-state index in [0.29, 0.717) is 5.92 Å². The van der Waals surface area contributed by atoms with Gasteiger partial charge in [-0.05, 0) is 39.0 Å². The van der Waals surface area contributed by atoms with Gasteiger partial charge < -0.3 is 5.32 Å². The number of carbonyl (C=O) groups is 1. The minimum absolute atomic E-state index is 0.0606. The van der Waals surface area contributed by atoms with Crippen LogP contribution in [-0.4, -0.2) is 17.8 Å². The molecule has 4 heteroatoms. The molecule has 4 nitrogen and oxygen atoms in total. The minimum atomic E-state index is -0.459. The topological polar surface area (TPSA) is 50.7 Å². The van der Waals surface area contributed by atoms with Crippen molar-refractivity contribution in [3.05, 3.63) is 0 Å². The Bertz CT molecular complexity index is 381. The van der Waals surface area contributed by atoms with E-state index in [1.165, 1.54) is 12.8 Å². The van der Waals surface area contributed by atoms with Crippen LogP contribution in [-0.2, 0) is 4.84 Å². The van der Waals surface area contributed by atoms with Gasteiger partial charge in [-0.1, -0.05) is 25.9 Å². The highest BCUT2D eigenvalue weighted by atomic mass is 16.7. The van der Waals surface area contributed by atoms with Crippen molar-refractivity contribution in [1.29, 1.82) is 0 Å². The molecule has 2 rings (SSSR count). The first kappa shape index (κ1) is 13.4. The van der Waals surface area contributed by atoms with E-state index in [4.69, 9.17) is 4.84 Å². The lowest BCUT2D eigenvalue weighted by Crippen LogP contribution is -2.37. The Morgan fingerprint density at radius 3 is 2.61 bits per heavy atom. The summed E-state index contributed by atoms with van der Waals surface area (Å²) in [5.74, 6) is 0.679. The summed E-state index contributed by atoms with van der Waals surface area (Å²) in [5, 5.41) is 6.87. The van der Waals surface area contributed by atoms with Gasteiger partial charge in [-0.25, -0.2) is 4.79 Å². The molecule has 0 aromatic rings. The third-order valence-electron chi connectivity index (χ3n) is 4.57. The highest BCUT2D eigenvalue weighted by Crippen LogP contribution is 2.60. The van der Waals surface area contributed by atoms with E-state index >= 15 is 0 Å². The molecule has 0 spiro atoms. The number of fused-ring (bicyclic) bond motifs is 2. The van der Waals surface area contributed by atoms with Gasteiger partial charge in [0.25, 0.3) is 0 Å². The van der Waals surface area contributed by atoms with E-state index in [1.54, 1.807) is 0 Å². The molecule has 2 aliphatic rings. The molecule has 2 atom stereocenters. The number of hydrogen-bond donors (Lipinski definition) is 1. The van der Waals surface area contributed by atoms with Crippen molar-refractivity contribution in [2.45, 2.75) is 59.9 Å². The maximum absolute atomic E-state index is 11.5. The zero-order valence-corrected chi connectivity index (χ0v) is 12.0. The second-order valence-electron chi connectivity index (χ2n) is 6.84. The smallest absolute Gasteiger partial charge is 0.317 e. The molecule has 18 heavy (non-hydrogen) atoms. The number of hydrogen-bond acceptors (Lipinski definition) is 3. The van der Waals surface area contributed by atoms with Crippen LogP contribution in [0.4, 0.5) is 4.79 Å². The summed E-state index contributed by atoms with van der Waals surface area (Å²) in [6.45, 7) is 10.5. The number of oxime groups is 1. The molecule has 2 bridgehead atoms. The van der Waals surface area contributed by atoms with E-state index in [0.717, 1.165) is 12.1 Å². The molecule has 0 aromatic heterocycles. The zero-order valence-electron chi connectivity index (χ0n) is 12.0. The van der Waals surface area contributed by atoms with Crippen molar-refractivity contribution in [1.82, 2.24) is 5.32 Å². The van der Waals surface area contributed by atoms with Crippen molar-refractivity contribution in [3.8, 4) is 0 Å². The fraction of sp³-hybridized carbons (Fsp3) is 0.857. The van der Waals surface area contributed by atoms with E-state index in [-0.39, 0.29) is 16.9 Å². The van der Waals surface area contributed by atoms with Crippen LogP contribution < -0.4 is 5.32 Å². The lowest BCUT2D eigenvalue weighted by Gasteiger charge is -2.34. The van der Waals surface area contributed by atoms with Crippen molar-refractivity contribution < 1.29 is 9.63 Å². The molecule has 0 heterocycles. The SMILES string of the molecule is CC(C)NC(=O)ON=C1C2(C)CCC(C2)C1(C)C. The van der Waals surface area contributed by atoms with Gasteiger partial charge in [0.15, 0.2) is 0 Å². The summed E-state index contributed by atoms with van der Waals surface area (Å²) in [4.78, 5) is 16.5. The number of nitrogens with one attached hydrogen (secondary N) is 1. The first-order valence-corrected chi connectivity index (χ1v) is 6.82. The Labute approximate surface area is 109 Å². The number of rotatable bonds is 2. The summed E-state index contributed by atoms with van der Waals surface area (Å²) in [6.07, 6.45) is 3.14. The molecular formula is C14H24N2O2. The fourth-order valence-corrected chi connectivity index (χ4v) is 3.62. The Hall–Kier alpha value is -1.06. The van der Waals surface area contributed by atoms with Crippen LogP contribution in [0.15, 0.2) is 5.16 Å². The molecule has 0 aromatic carbocycles. The minimum Gasteiger partial charge on any atom is -0.317 e. The van der Waals surface area contributed by atoms with Crippen LogP contribution in [0.1, 0.15) is 53.9 Å². The van der Waals surface area contributed by atoms with Crippen LogP contribution in [0.5, 0.6) is 0 Å². The summed E-state index contributed by atoms with van der Waals surface area (Å²) in [6, 6.07) is 0.0707. The van der Waals surface area contributed by atoms with E-state index in [2.05, 4.69) is 31.2 Å². The number of carbonyl (C=O) groups excluding carboxylic acids is 1. The van der Waals surface area contributed by atoms with Crippen molar-refractivity contribution >= 4 is 11.8 Å². The van der Waals surface area contributed by atoms with Crippen LogP contribution in [0.2, 0.25) is 0 Å². The molecule has 1 amide bonds. The van der Waals surface area contributed by atoms with Gasteiger partial charge in [0.2, 0.25) is 0 Å². The number of amides is 1. The molecule has 102 valence electrons. The van der Waals surface area contributed by atoms with Gasteiger partial charge in [0.05, 0.1) is 5.71 Å². The average molecular weight is 252 g/mol. The third-order valence-corrected chi connectivity index (χ3v) is 4.57. The highest BCUT2D eigenvalue weighted by molar-refractivity contribution is 5.97. The zero-order chi connectivity index (χ0) is 13.6. The Morgan fingerprint density at radius 2 is 2.11 bits per heavy atom. The first-order valence-electron chi connectivity index (χ1n) is 6.82. The lowest BCUT2D eigenvalue weighted by atomic mass is 9.71. The third kappa shape index (κ3) is 2.13. The maximum Gasteiger partial charge on any atom is 0.433 e. The Balaban J connectivity index is 2.10. The molecule has 0 aliphatic heterocycles.